The third kappa shape index (κ3) is 4.06. The molecule has 3 aromatic rings. The number of aryl methyl sites for hydroxylation is 3. The van der Waals surface area contributed by atoms with E-state index in [4.69, 9.17) is 14.0 Å². The fourth-order valence-electron chi connectivity index (χ4n) is 1.78. The molecular weight excluding hydrogens is 335 g/mol. The molecule has 0 bridgehead atoms. The van der Waals surface area contributed by atoms with Crippen LogP contribution in [-0.4, -0.2) is 7.32 Å². The Kier molecular flexibility index (Phi) is 4.76. The average molecular weight is 350 g/mol. The molecule has 114 valence electrons. The topological polar surface area (TPSA) is 27.7 Å². The van der Waals surface area contributed by atoms with E-state index in [1.54, 1.807) is 34.0 Å². The van der Waals surface area contributed by atoms with Gasteiger partial charge in [-0.15, -0.1) is 34.0 Å². The summed E-state index contributed by atoms with van der Waals surface area (Å²) in [7, 11) is -0.797. The van der Waals surface area contributed by atoms with Crippen molar-refractivity contribution in [3.8, 4) is 15.2 Å². The van der Waals surface area contributed by atoms with Crippen molar-refractivity contribution < 1.29 is 14.0 Å². The lowest BCUT2D eigenvalue weighted by molar-refractivity contribution is 0.319. The zero-order valence-corrected chi connectivity index (χ0v) is 14.9. The van der Waals surface area contributed by atoms with Crippen LogP contribution < -0.4 is 14.0 Å². The Morgan fingerprint density at radius 2 is 0.909 bits per heavy atom. The predicted octanol–water partition coefficient (Wildman–Crippen LogP) is 5.32. The molecule has 7 heteroatoms. The zero-order valence-electron chi connectivity index (χ0n) is 12.5. The molecule has 0 saturated carbocycles. The molecule has 0 saturated heterocycles. The quantitative estimate of drug-likeness (QED) is 0.563. The minimum absolute atomic E-state index is 0.782. The van der Waals surface area contributed by atoms with Crippen LogP contribution in [-0.2, 0) is 0 Å². The summed E-state index contributed by atoms with van der Waals surface area (Å²) in [4.78, 5) is 3.56. The van der Waals surface area contributed by atoms with Gasteiger partial charge in [0.1, 0.15) is 0 Å². The van der Waals surface area contributed by atoms with Gasteiger partial charge in [-0.05, 0) is 57.2 Å². The molecule has 0 aliphatic heterocycles. The molecule has 0 unspecified atom stereocenters. The van der Waals surface area contributed by atoms with Crippen LogP contribution in [0.3, 0.4) is 0 Å². The monoisotopic (exact) mass is 350 g/mol. The summed E-state index contributed by atoms with van der Waals surface area (Å²) in [5.74, 6) is 0. The third-order valence-corrected chi connectivity index (χ3v) is 5.46. The molecule has 0 spiro atoms. The Hall–Kier alpha value is -1.44. The summed E-state index contributed by atoms with van der Waals surface area (Å²) in [6, 6.07) is 11.8. The highest BCUT2D eigenvalue weighted by molar-refractivity contribution is 7.15. The van der Waals surface area contributed by atoms with E-state index in [0.29, 0.717) is 0 Å². The highest BCUT2D eigenvalue weighted by atomic mass is 32.1. The Bertz CT molecular complexity index is 646. The van der Waals surface area contributed by atoms with Gasteiger partial charge >= 0.3 is 7.32 Å². The SMILES string of the molecule is Cc1ccc(OB(Oc2ccc(C)s2)Oc2ccc(C)s2)s1. The number of rotatable bonds is 6. The lowest BCUT2D eigenvalue weighted by Gasteiger charge is -2.13. The van der Waals surface area contributed by atoms with Crippen LogP contribution in [0.4, 0.5) is 0 Å². The molecule has 0 aromatic carbocycles. The molecule has 3 rings (SSSR count). The third-order valence-electron chi connectivity index (χ3n) is 2.78. The van der Waals surface area contributed by atoms with Crippen molar-refractivity contribution in [3.63, 3.8) is 0 Å². The van der Waals surface area contributed by atoms with E-state index in [-0.39, 0.29) is 0 Å². The highest BCUT2D eigenvalue weighted by Gasteiger charge is 2.31. The van der Waals surface area contributed by atoms with Crippen LogP contribution in [0.25, 0.3) is 0 Å². The van der Waals surface area contributed by atoms with E-state index >= 15 is 0 Å². The van der Waals surface area contributed by atoms with E-state index in [2.05, 4.69) is 0 Å². The van der Waals surface area contributed by atoms with E-state index in [0.717, 1.165) is 15.2 Å². The summed E-state index contributed by atoms with van der Waals surface area (Å²) in [5.41, 5.74) is 0. The largest absolute Gasteiger partial charge is 0.865 e. The number of hydrogen-bond donors (Lipinski definition) is 0. The molecule has 0 aliphatic carbocycles. The summed E-state index contributed by atoms with van der Waals surface area (Å²) in [5, 5.41) is 2.34. The Labute approximate surface area is 142 Å². The Morgan fingerprint density at radius 3 is 1.14 bits per heavy atom. The minimum atomic E-state index is -0.797. The first-order chi connectivity index (χ1) is 10.6. The average Bonchev–Trinajstić information content (AvgIpc) is 3.14. The van der Waals surface area contributed by atoms with Gasteiger partial charge in [0, 0.05) is 14.6 Å². The van der Waals surface area contributed by atoms with Gasteiger partial charge in [0.25, 0.3) is 0 Å². The highest BCUT2D eigenvalue weighted by Crippen LogP contribution is 2.29. The second-order valence-corrected chi connectivity index (χ2v) is 8.49. The number of thiophene rings is 3. The van der Waals surface area contributed by atoms with Gasteiger partial charge in [0.05, 0.1) is 0 Å². The van der Waals surface area contributed by atoms with Crippen LogP contribution in [0.5, 0.6) is 15.2 Å². The van der Waals surface area contributed by atoms with Crippen LogP contribution in [0.1, 0.15) is 14.6 Å². The molecule has 22 heavy (non-hydrogen) atoms. The first-order valence-electron chi connectivity index (χ1n) is 6.78. The molecule has 0 atom stereocenters. The van der Waals surface area contributed by atoms with Gasteiger partial charge in [0.15, 0.2) is 15.2 Å². The summed E-state index contributed by atoms with van der Waals surface area (Å²) in [6.45, 7) is 6.12. The minimum Gasteiger partial charge on any atom is -0.481 e. The van der Waals surface area contributed by atoms with E-state index in [1.165, 1.54) is 14.6 Å². The molecule has 0 fully saturated rings. The van der Waals surface area contributed by atoms with Gasteiger partial charge in [0.2, 0.25) is 0 Å². The van der Waals surface area contributed by atoms with Crippen LogP contribution >= 0.6 is 34.0 Å². The predicted molar refractivity (Wildman–Crippen MR) is 94.8 cm³/mol. The van der Waals surface area contributed by atoms with Gasteiger partial charge in [-0.2, -0.15) is 0 Å². The Morgan fingerprint density at radius 1 is 0.591 bits per heavy atom. The lowest BCUT2D eigenvalue weighted by atomic mass is 10.2. The van der Waals surface area contributed by atoms with Crippen molar-refractivity contribution in [2.24, 2.45) is 0 Å². The van der Waals surface area contributed by atoms with Crippen LogP contribution in [0.15, 0.2) is 36.4 Å². The first-order valence-corrected chi connectivity index (χ1v) is 9.23. The second-order valence-electron chi connectivity index (χ2n) is 4.74. The maximum atomic E-state index is 5.85. The summed E-state index contributed by atoms with van der Waals surface area (Å²) >= 11 is 4.72. The van der Waals surface area contributed by atoms with Crippen molar-refractivity contribution in [1.82, 2.24) is 0 Å². The van der Waals surface area contributed by atoms with Crippen LogP contribution in [0, 0.1) is 20.8 Å². The van der Waals surface area contributed by atoms with E-state index < -0.39 is 7.32 Å². The van der Waals surface area contributed by atoms with E-state index in [1.807, 2.05) is 57.2 Å². The molecule has 0 amide bonds. The molecule has 0 N–H and O–H groups in total. The summed E-state index contributed by atoms with van der Waals surface area (Å²) in [6.07, 6.45) is 0. The normalized spacial score (nSPS) is 10.5. The fraction of sp³-hybridized carbons (Fsp3) is 0.200. The molecule has 0 aliphatic rings. The standard InChI is InChI=1S/C15H15BO3S3/c1-10-4-7-13(20-10)17-16(18-14-8-5-11(2)21-14)19-15-9-6-12(3)22-15/h4-9H,1-3H3. The van der Waals surface area contributed by atoms with Crippen molar-refractivity contribution in [3.05, 3.63) is 51.0 Å². The van der Waals surface area contributed by atoms with Gasteiger partial charge in [-0.25, -0.2) is 0 Å². The lowest BCUT2D eigenvalue weighted by Crippen LogP contribution is -2.36. The van der Waals surface area contributed by atoms with Crippen LogP contribution in [0.2, 0.25) is 0 Å². The fourth-order valence-corrected chi connectivity index (χ4v) is 3.93. The first kappa shape index (κ1) is 15.5. The molecule has 0 radical (unpaired) electrons. The van der Waals surface area contributed by atoms with Gasteiger partial charge in [-0.1, -0.05) is 0 Å². The van der Waals surface area contributed by atoms with E-state index in [9.17, 15) is 0 Å². The molecule has 3 nitrogen and oxygen atoms in total. The van der Waals surface area contributed by atoms with Crippen molar-refractivity contribution in [2.45, 2.75) is 20.8 Å². The van der Waals surface area contributed by atoms with Gasteiger partial charge < -0.3 is 14.0 Å². The summed E-state index contributed by atoms with van der Waals surface area (Å²) < 4.78 is 17.5. The second kappa shape index (κ2) is 6.77. The molecule has 3 aromatic heterocycles. The van der Waals surface area contributed by atoms with Crippen molar-refractivity contribution >= 4 is 41.3 Å². The van der Waals surface area contributed by atoms with Crippen molar-refractivity contribution in [2.75, 3.05) is 0 Å². The molecular formula is C15H15BO3S3. The molecule has 3 heterocycles. The smallest absolute Gasteiger partial charge is 0.481 e. The van der Waals surface area contributed by atoms with Gasteiger partial charge in [-0.3, -0.25) is 0 Å². The van der Waals surface area contributed by atoms with Crippen molar-refractivity contribution in [1.29, 1.82) is 0 Å². The zero-order chi connectivity index (χ0) is 15.5. The number of hydrogen-bond acceptors (Lipinski definition) is 6. The Balaban J connectivity index is 1.74. The maximum absolute atomic E-state index is 5.85. The maximum Gasteiger partial charge on any atom is 0.865 e.